The van der Waals surface area contributed by atoms with Crippen LogP contribution >= 0.6 is 0 Å². The third-order valence-electron chi connectivity index (χ3n) is 0.655. The molecular weight excluding hydrogens is 275 g/mol. The molecule has 0 unspecified atom stereocenters. The third kappa shape index (κ3) is 11.8. The summed E-state index contributed by atoms with van der Waals surface area (Å²) in [6.45, 7) is 0. The van der Waals surface area contributed by atoms with Gasteiger partial charge in [-0.15, -0.1) is 0 Å². The Labute approximate surface area is 78.8 Å². The summed E-state index contributed by atoms with van der Waals surface area (Å²) in [5.74, 6) is 0. The normalized spacial score (nSPS) is 9.78. The molecule has 54 valence electrons. The van der Waals surface area contributed by atoms with Crippen molar-refractivity contribution in [3.05, 3.63) is 46.6 Å². The quantitative estimate of drug-likeness (QED) is 0.475. The summed E-state index contributed by atoms with van der Waals surface area (Å²) in [5, 5.41) is 0. The molecule has 0 nitrogen and oxygen atoms in total. The predicted molar refractivity (Wildman–Crippen MR) is 42.1 cm³/mol. The Morgan fingerprint density at radius 3 is 1.22 bits per heavy atom. The first-order chi connectivity index (χ1) is 2.50. The summed E-state index contributed by atoms with van der Waals surface area (Å²) in [6, 6.07) is 0. The third-order valence-corrected chi connectivity index (χ3v) is 0.655. The van der Waals surface area contributed by atoms with Crippen molar-refractivity contribution in [1.82, 2.24) is 0 Å². The van der Waals surface area contributed by atoms with Crippen molar-refractivity contribution in [3.8, 4) is 0 Å². The number of hydrogen-bond donors (Lipinski definition) is 0. The fourth-order valence-electron chi connectivity index (χ4n) is 0.393. The minimum absolute atomic E-state index is 0. The van der Waals surface area contributed by atoms with E-state index >= 15 is 0 Å². The summed E-state index contributed by atoms with van der Waals surface area (Å²) in [4.78, 5) is 0. The van der Waals surface area contributed by atoms with Crippen molar-refractivity contribution in [3.63, 3.8) is 0 Å². The minimum atomic E-state index is 0. The minimum Gasteiger partial charge on any atom is -0.358 e. The number of allylic oxidation sites excluding steroid dienone is 4. The van der Waals surface area contributed by atoms with Crippen molar-refractivity contribution in [2.75, 3.05) is 0 Å². The van der Waals surface area contributed by atoms with Crippen LogP contribution in [0.3, 0.4) is 0 Å². The molecule has 0 bridgehead atoms. The average Bonchev–Trinajstić information content (AvgIpc) is 1.76. The standard InChI is InChI=1S/C5H6.3CH3.Hf/c1-2-4-5-3-1;;;;/h1-4H,5H2;3*1H3;/q;3*-1;. The van der Waals surface area contributed by atoms with Crippen LogP contribution in [0.2, 0.25) is 0 Å². The molecule has 0 N–H and O–H groups in total. The van der Waals surface area contributed by atoms with Crippen LogP contribution in [0.25, 0.3) is 0 Å². The Hall–Kier alpha value is 0.350. The first-order valence-corrected chi connectivity index (χ1v) is 1.82. The van der Waals surface area contributed by atoms with Gasteiger partial charge in [-0.2, -0.15) is 0 Å². The summed E-state index contributed by atoms with van der Waals surface area (Å²) in [7, 11) is 0. The van der Waals surface area contributed by atoms with Gasteiger partial charge in [0.15, 0.2) is 0 Å². The van der Waals surface area contributed by atoms with E-state index < -0.39 is 0 Å². The van der Waals surface area contributed by atoms with Crippen LogP contribution < -0.4 is 0 Å². The largest absolute Gasteiger partial charge is 0.358 e. The van der Waals surface area contributed by atoms with E-state index in [-0.39, 0.29) is 48.1 Å². The van der Waals surface area contributed by atoms with E-state index in [4.69, 9.17) is 0 Å². The molecule has 0 aromatic heterocycles. The maximum absolute atomic E-state index is 2.12. The Balaban J connectivity index is -0.0000000312. The van der Waals surface area contributed by atoms with Gasteiger partial charge >= 0.3 is 0 Å². The molecule has 1 aliphatic rings. The summed E-state index contributed by atoms with van der Waals surface area (Å²) in [6.07, 6.45) is 9.50. The number of hydrogen-bond acceptors (Lipinski definition) is 0. The van der Waals surface area contributed by atoms with Gasteiger partial charge in [-0.05, 0) is 6.42 Å². The summed E-state index contributed by atoms with van der Waals surface area (Å²) in [5.41, 5.74) is 0. The topological polar surface area (TPSA) is 0 Å². The van der Waals surface area contributed by atoms with E-state index in [2.05, 4.69) is 24.3 Å². The molecular formula is C8H15Hf-3. The molecule has 0 spiro atoms. The molecule has 0 saturated heterocycles. The Morgan fingerprint density at radius 1 is 0.778 bits per heavy atom. The van der Waals surface area contributed by atoms with Crippen LogP contribution in [0.15, 0.2) is 24.3 Å². The monoisotopic (exact) mass is 291 g/mol. The van der Waals surface area contributed by atoms with Gasteiger partial charge < -0.3 is 22.3 Å². The van der Waals surface area contributed by atoms with E-state index in [1.807, 2.05) is 0 Å². The van der Waals surface area contributed by atoms with E-state index in [0.29, 0.717) is 0 Å². The van der Waals surface area contributed by atoms with Crippen molar-refractivity contribution in [2.24, 2.45) is 0 Å². The van der Waals surface area contributed by atoms with E-state index in [9.17, 15) is 0 Å². The molecule has 0 heterocycles. The molecule has 9 heavy (non-hydrogen) atoms. The van der Waals surface area contributed by atoms with Crippen molar-refractivity contribution in [1.29, 1.82) is 0 Å². The van der Waals surface area contributed by atoms with Crippen molar-refractivity contribution < 1.29 is 25.8 Å². The Bertz CT molecular complexity index is 62.6. The van der Waals surface area contributed by atoms with Crippen molar-refractivity contribution >= 4 is 0 Å². The van der Waals surface area contributed by atoms with Crippen LogP contribution in [0.5, 0.6) is 0 Å². The molecule has 0 saturated carbocycles. The van der Waals surface area contributed by atoms with Gasteiger partial charge in [-0.25, -0.2) is 0 Å². The smallest absolute Gasteiger partial charge is 0 e. The maximum Gasteiger partial charge on any atom is 0 e. The molecule has 1 rings (SSSR count). The van der Waals surface area contributed by atoms with Gasteiger partial charge in [-0.3, -0.25) is 0 Å². The van der Waals surface area contributed by atoms with Gasteiger partial charge in [0.05, 0.1) is 0 Å². The van der Waals surface area contributed by atoms with Gasteiger partial charge in [0.1, 0.15) is 0 Å². The second-order valence-electron chi connectivity index (χ2n) is 1.09. The van der Waals surface area contributed by atoms with Crippen LogP contribution in [0.1, 0.15) is 6.42 Å². The summed E-state index contributed by atoms with van der Waals surface area (Å²) < 4.78 is 0. The Morgan fingerprint density at radius 2 is 1.11 bits per heavy atom. The van der Waals surface area contributed by atoms with E-state index in [1.54, 1.807) is 0 Å². The molecule has 1 heteroatoms. The van der Waals surface area contributed by atoms with Gasteiger partial charge in [0, 0.05) is 25.8 Å². The van der Waals surface area contributed by atoms with Crippen LogP contribution in [-0.4, -0.2) is 0 Å². The zero-order chi connectivity index (χ0) is 3.54. The van der Waals surface area contributed by atoms with Crippen LogP contribution in [-0.2, 0) is 25.8 Å². The molecule has 1 aliphatic carbocycles. The predicted octanol–water partition coefficient (Wildman–Crippen LogP) is 2.85. The van der Waals surface area contributed by atoms with Gasteiger partial charge in [0.25, 0.3) is 0 Å². The molecule has 0 radical (unpaired) electrons. The molecule has 0 aromatic rings. The van der Waals surface area contributed by atoms with Crippen molar-refractivity contribution in [2.45, 2.75) is 6.42 Å². The SMILES string of the molecule is C1=CCC=C1.[CH3-].[CH3-].[CH3-].[Hf]. The fraction of sp³-hybridized carbons (Fsp3) is 0.125. The zero-order valence-corrected chi connectivity index (χ0v) is 10.1. The molecule has 0 aromatic carbocycles. The van der Waals surface area contributed by atoms with Crippen LogP contribution in [0, 0.1) is 22.3 Å². The second-order valence-corrected chi connectivity index (χ2v) is 1.09. The Kier molecular flexibility index (Phi) is 39.9. The summed E-state index contributed by atoms with van der Waals surface area (Å²) >= 11 is 0. The molecule has 0 aliphatic heterocycles. The molecule has 0 atom stereocenters. The fourth-order valence-corrected chi connectivity index (χ4v) is 0.393. The van der Waals surface area contributed by atoms with E-state index in [1.165, 1.54) is 0 Å². The second kappa shape index (κ2) is 15.8. The first-order valence-electron chi connectivity index (χ1n) is 1.82. The maximum atomic E-state index is 2.12. The average molecular weight is 290 g/mol. The first kappa shape index (κ1) is 22.8. The molecule has 0 amide bonds. The van der Waals surface area contributed by atoms with Gasteiger partial charge in [0.2, 0.25) is 0 Å². The van der Waals surface area contributed by atoms with Crippen LogP contribution in [0.4, 0.5) is 0 Å². The number of rotatable bonds is 0. The van der Waals surface area contributed by atoms with E-state index in [0.717, 1.165) is 6.42 Å². The zero-order valence-electron chi connectivity index (χ0n) is 6.52. The molecule has 0 fully saturated rings. The van der Waals surface area contributed by atoms with Gasteiger partial charge in [-0.1, -0.05) is 24.3 Å².